The van der Waals surface area contributed by atoms with Crippen molar-refractivity contribution in [1.29, 1.82) is 0 Å². The van der Waals surface area contributed by atoms with Crippen molar-refractivity contribution in [2.75, 3.05) is 6.61 Å². The second kappa shape index (κ2) is 6.73. The van der Waals surface area contributed by atoms with Crippen LogP contribution in [0.5, 0.6) is 17.2 Å². The number of benzene rings is 1. The Hall–Kier alpha value is -3.13. The molecule has 1 heterocycles. The van der Waals surface area contributed by atoms with E-state index >= 15 is 0 Å². The number of carbonyl (C=O) groups excluding carboxylic acids is 3. The Labute approximate surface area is 167 Å². The van der Waals surface area contributed by atoms with Crippen LogP contribution < -0.4 is 10.1 Å². The molecule has 8 nitrogen and oxygen atoms in total. The largest absolute Gasteiger partial charge is 0.507 e. The number of allylic oxidation sites excluding steroid dienone is 4. The molecular formula is C21H23NO7. The summed E-state index contributed by atoms with van der Waals surface area (Å²) >= 11 is 0. The highest BCUT2D eigenvalue weighted by Gasteiger charge is 2.56. The van der Waals surface area contributed by atoms with Gasteiger partial charge in [-0.05, 0) is 34.6 Å². The Bertz CT molecular complexity index is 1030. The third-order valence-electron chi connectivity index (χ3n) is 5.50. The summed E-state index contributed by atoms with van der Waals surface area (Å²) in [5.41, 5.74) is -1.45. The van der Waals surface area contributed by atoms with Gasteiger partial charge in [-0.3, -0.25) is 14.4 Å². The number of hydrogen-bond donors (Lipinski definition) is 4. The Balaban J connectivity index is 2.31. The van der Waals surface area contributed by atoms with E-state index in [0.29, 0.717) is 0 Å². The molecule has 1 aliphatic heterocycles. The number of ketones is 3. The molecule has 8 heteroatoms. The van der Waals surface area contributed by atoms with E-state index in [0.717, 1.165) is 6.08 Å². The maximum Gasteiger partial charge on any atom is 0.194 e. The number of phenols is 2. The van der Waals surface area contributed by atoms with Crippen LogP contribution in [0.15, 0.2) is 23.1 Å². The normalized spacial score (nSPS) is 23.0. The average Bonchev–Trinajstić information content (AvgIpc) is 2.93. The topological polar surface area (TPSA) is 133 Å². The zero-order valence-electron chi connectivity index (χ0n) is 16.8. The molecule has 1 aromatic carbocycles. The highest BCUT2D eigenvalue weighted by molar-refractivity contribution is 6.31. The zero-order valence-corrected chi connectivity index (χ0v) is 16.8. The summed E-state index contributed by atoms with van der Waals surface area (Å²) in [4.78, 5) is 38.3. The van der Waals surface area contributed by atoms with Crippen LogP contribution in [-0.4, -0.2) is 45.3 Å². The predicted molar refractivity (Wildman–Crippen MR) is 103 cm³/mol. The SMILES string of the molecule is CC(=O)c1c(O)c(C)c(O)c2c1OC1=CC(=O)/C(=C(/C)N[C@@H](C)CO)C(=O)[C@@]12C. The molecule has 2 aliphatic rings. The summed E-state index contributed by atoms with van der Waals surface area (Å²) in [5.74, 6) is -2.64. The molecule has 154 valence electrons. The van der Waals surface area contributed by atoms with Crippen molar-refractivity contribution in [2.24, 2.45) is 0 Å². The van der Waals surface area contributed by atoms with Gasteiger partial charge in [-0.15, -0.1) is 0 Å². The minimum absolute atomic E-state index is 0.0166. The molecule has 0 spiro atoms. The van der Waals surface area contributed by atoms with Gasteiger partial charge in [-0.1, -0.05) is 0 Å². The van der Waals surface area contributed by atoms with Gasteiger partial charge >= 0.3 is 0 Å². The van der Waals surface area contributed by atoms with Crippen molar-refractivity contribution >= 4 is 17.3 Å². The molecule has 29 heavy (non-hydrogen) atoms. The molecule has 0 aromatic heterocycles. The molecule has 1 aliphatic carbocycles. The Morgan fingerprint density at radius 3 is 2.41 bits per heavy atom. The van der Waals surface area contributed by atoms with Crippen molar-refractivity contribution in [1.82, 2.24) is 5.32 Å². The minimum Gasteiger partial charge on any atom is -0.507 e. The molecule has 2 atom stereocenters. The van der Waals surface area contributed by atoms with Gasteiger partial charge in [-0.25, -0.2) is 0 Å². The van der Waals surface area contributed by atoms with E-state index in [9.17, 15) is 29.7 Å². The van der Waals surface area contributed by atoms with Crippen LogP contribution in [0.25, 0.3) is 0 Å². The minimum atomic E-state index is -1.54. The molecule has 0 saturated carbocycles. The van der Waals surface area contributed by atoms with Gasteiger partial charge in [0.05, 0.1) is 17.7 Å². The van der Waals surface area contributed by atoms with E-state index < -0.39 is 28.5 Å². The summed E-state index contributed by atoms with van der Waals surface area (Å²) in [6.07, 6.45) is 1.15. The lowest BCUT2D eigenvalue weighted by atomic mass is 9.70. The Kier molecular flexibility index (Phi) is 4.78. The van der Waals surface area contributed by atoms with Crippen LogP contribution in [0.2, 0.25) is 0 Å². The van der Waals surface area contributed by atoms with Crippen molar-refractivity contribution in [3.63, 3.8) is 0 Å². The van der Waals surface area contributed by atoms with E-state index in [1.807, 2.05) is 0 Å². The van der Waals surface area contributed by atoms with Crippen LogP contribution in [0.4, 0.5) is 0 Å². The van der Waals surface area contributed by atoms with E-state index in [1.165, 1.54) is 20.8 Å². The monoisotopic (exact) mass is 401 g/mol. The highest BCUT2D eigenvalue weighted by Crippen LogP contribution is 2.57. The molecule has 0 fully saturated rings. The molecule has 0 amide bonds. The average molecular weight is 401 g/mol. The number of fused-ring (bicyclic) bond motifs is 3. The third kappa shape index (κ3) is 2.74. The molecule has 0 saturated heterocycles. The fraction of sp³-hybridized carbons (Fsp3) is 0.381. The summed E-state index contributed by atoms with van der Waals surface area (Å²) < 4.78 is 5.69. The molecule has 0 unspecified atom stereocenters. The van der Waals surface area contributed by atoms with Crippen molar-refractivity contribution in [3.8, 4) is 17.2 Å². The van der Waals surface area contributed by atoms with Crippen LogP contribution in [-0.2, 0) is 15.0 Å². The number of ether oxygens (including phenoxy) is 1. The number of aliphatic hydroxyl groups is 1. The van der Waals surface area contributed by atoms with Crippen LogP contribution in [0, 0.1) is 6.92 Å². The second-order valence-corrected chi connectivity index (χ2v) is 7.61. The molecule has 0 radical (unpaired) electrons. The molecule has 3 rings (SSSR count). The number of Topliss-reactive ketones (excluding diaryl/α,β-unsaturated/α-hetero) is 2. The van der Waals surface area contributed by atoms with Crippen molar-refractivity contribution in [2.45, 2.75) is 46.1 Å². The van der Waals surface area contributed by atoms with E-state index in [-0.39, 0.29) is 57.9 Å². The van der Waals surface area contributed by atoms with Gasteiger partial charge < -0.3 is 25.4 Å². The number of rotatable bonds is 4. The van der Waals surface area contributed by atoms with Crippen LogP contribution >= 0.6 is 0 Å². The standard InChI is InChI=1S/C21H23NO7/c1-8(7-23)22-10(3)14-12(25)6-13-21(5,20(14)28)16-18(27)9(2)17(26)15(11(4)24)19(16)29-13/h6,8,22-23,26-27H,7H2,1-5H3/b14-10+/t8-,21-/m0/s1. The maximum atomic E-state index is 13.5. The fourth-order valence-electron chi connectivity index (χ4n) is 3.85. The molecule has 0 bridgehead atoms. The number of aliphatic hydroxyl groups excluding tert-OH is 1. The second-order valence-electron chi connectivity index (χ2n) is 7.61. The summed E-state index contributed by atoms with van der Waals surface area (Å²) in [6, 6.07) is -0.384. The zero-order chi connectivity index (χ0) is 21.8. The van der Waals surface area contributed by atoms with Gasteiger partial charge in [0, 0.05) is 23.4 Å². The first-order chi connectivity index (χ1) is 13.5. The van der Waals surface area contributed by atoms with Crippen molar-refractivity contribution < 1.29 is 34.4 Å². The van der Waals surface area contributed by atoms with E-state index in [1.54, 1.807) is 13.8 Å². The molecule has 1 aromatic rings. The first-order valence-electron chi connectivity index (χ1n) is 9.14. The van der Waals surface area contributed by atoms with Crippen molar-refractivity contribution in [3.05, 3.63) is 39.8 Å². The molecule has 4 N–H and O–H groups in total. The first kappa shape index (κ1) is 20.6. The van der Waals surface area contributed by atoms with Gasteiger partial charge in [0.2, 0.25) is 0 Å². The Morgan fingerprint density at radius 1 is 1.24 bits per heavy atom. The predicted octanol–water partition coefficient (Wildman–Crippen LogP) is 1.54. The van der Waals surface area contributed by atoms with E-state index in [4.69, 9.17) is 4.74 Å². The number of hydrogen-bond acceptors (Lipinski definition) is 8. The van der Waals surface area contributed by atoms with Crippen LogP contribution in [0.3, 0.4) is 0 Å². The number of carbonyl (C=O) groups is 3. The maximum absolute atomic E-state index is 13.5. The van der Waals surface area contributed by atoms with Crippen LogP contribution in [0.1, 0.15) is 49.2 Å². The smallest absolute Gasteiger partial charge is 0.194 e. The first-order valence-corrected chi connectivity index (χ1v) is 9.14. The number of phenolic OH excluding ortho intramolecular Hbond substituents is 2. The quantitative estimate of drug-likeness (QED) is 0.339. The highest BCUT2D eigenvalue weighted by atomic mass is 16.5. The number of nitrogens with one attached hydrogen (secondary N) is 1. The van der Waals surface area contributed by atoms with Gasteiger partial charge in [0.25, 0.3) is 0 Å². The lowest BCUT2D eigenvalue weighted by Gasteiger charge is -2.29. The lowest BCUT2D eigenvalue weighted by Crippen LogP contribution is -2.42. The fourth-order valence-corrected chi connectivity index (χ4v) is 3.85. The third-order valence-corrected chi connectivity index (χ3v) is 5.50. The van der Waals surface area contributed by atoms with E-state index in [2.05, 4.69) is 5.32 Å². The van der Waals surface area contributed by atoms with Gasteiger partial charge in [0.1, 0.15) is 34.0 Å². The summed E-state index contributed by atoms with van der Waals surface area (Å²) in [7, 11) is 0. The molecular weight excluding hydrogens is 378 g/mol. The summed E-state index contributed by atoms with van der Waals surface area (Å²) in [5, 5.41) is 33.2. The number of aromatic hydroxyl groups is 2. The van der Waals surface area contributed by atoms with Gasteiger partial charge in [-0.2, -0.15) is 0 Å². The van der Waals surface area contributed by atoms with Gasteiger partial charge in [0.15, 0.2) is 17.3 Å². The Morgan fingerprint density at radius 2 is 1.86 bits per heavy atom. The summed E-state index contributed by atoms with van der Waals surface area (Å²) in [6.45, 7) is 7.21. The lowest BCUT2D eigenvalue weighted by molar-refractivity contribution is -0.123.